The number of halogens is 2. The minimum absolute atomic E-state index is 0.0107. The molecule has 0 aliphatic heterocycles. The van der Waals surface area contributed by atoms with Gasteiger partial charge < -0.3 is 20.3 Å². The number of nitrogens with zero attached hydrogens (tertiary/aromatic N) is 1. The van der Waals surface area contributed by atoms with Crippen LogP contribution < -0.4 is 10.1 Å². The average Bonchev–Trinajstić information content (AvgIpc) is 2.63. The molecule has 1 amide bonds. The van der Waals surface area contributed by atoms with Crippen molar-refractivity contribution in [3.63, 3.8) is 0 Å². The topological polar surface area (TPSA) is 100 Å². The predicted octanol–water partition coefficient (Wildman–Crippen LogP) is 5.14. The molecule has 0 fully saturated rings. The quantitative estimate of drug-likeness (QED) is 0.560. The molecule has 145 valence electrons. The van der Waals surface area contributed by atoms with E-state index < -0.39 is 11.9 Å². The summed E-state index contributed by atoms with van der Waals surface area (Å²) in [4.78, 5) is 25.7. The Balaban J connectivity index is 2.37. The van der Waals surface area contributed by atoms with Crippen LogP contribution in [-0.2, 0) is 4.79 Å². The van der Waals surface area contributed by atoms with Crippen molar-refractivity contribution in [3.05, 3.63) is 63.4 Å². The van der Waals surface area contributed by atoms with E-state index >= 15 is 0 Å². The van der Waals surface area contributed by atoms with Crippen molar-refractivity contribution in [1.82, 2.24) is 5.32 Å². The maximum atomic E-state index is 11.9. The van der Waals surface area contributed by atoms with E-state index in [0.29, 0.717) is 12.1 Å². The van der Waals surface area contributed by atoms with Crippen molar-refractivity contribution in [2.75, 3.05) is 0 Å². The van der Waals surface area contributed by atoms with E-state index in [-0.39, 0.29) is 44.5 Å². The Morgan fingerprint density at radius 3 is 2.32 bits per heavy atom. The van der Waals surface area contributed by atoms with Gasteiger partial charge in [0.05, 0.1) is 16.6 Å². The number of phenolic OH excluding ortho intramolecular Hbond substituents is 1. The number of rotatable bonds is 6. The zero-order valence-corrected chi connectivity index (χ0v) is 16.3. The largest absolute Gasteiger partial charge is 0.519 e. The maximum Gasteiger partial charge on any atom is 0.329 e. The van der Waals surface area contributed by atoms with Gasteiger partial charge in [0.25, 0.3) is 5.91 Å². The molecule has 0 heterocycles. The standard InChI is InChI=1S/C19H15Cl2N2O5/c1-9(2)12-6-11(7-15(22-3)17(12)26)28-18-13(20)4-10(5-14(18)21)19(27)23-8-16(24)25/h4-9,26H,1-2H3,(H,23,27)(H,24,25). The van der Waals surface area contributed by atoms with Crippen LogP contribution >= 0.6 is 23.2 Å². The molecule has 0 saturated heterocycles. The Kier molecular flexibility index (Phi) is 6.73. The highest BCUT2D eigenvalue weighted by molar-refractivity contribution is 6.37. The number of aromatic hydroxyl groups is 1. The number of carboxylic acid groups (broad SMARTS) is 1. The second-order valence-corrected chi connectivity index (χ2v) is 6.79. The third-order valence-corrected chi connectivity index (χ3v) is 4.20. The van der Waals surface area contributed by atoms with Crippen LogP contribution in [0, 0.1) is 13.1 Å². The summed E-state index contributed by atoms with van der Waals surface area (Å²) in [5, 5.41) is 20.8. The van der Waals surface area contributed by atoms with Crippen LogP contribution in [0.5, 0.6) is 17.2 Å². The molecule has 0 saturated carbocycles. The molecule has 0 aliphatic rings. The summed E-state index contributed by atoms with van der Waals surface area (Å²) >= 11 is 12.3. The Hall–Kier alpha value is -2.95. The average molecular weight is 422 g/mol. The summed E-state index contributed by atoms with van der Waals surface area (Å²) in [6.45, 7) is 11.5. The Morgan fingerprint density at radius 2 is 1.82 bits per heavy atom. The third-order valence-electron chi connectivity index (χ3n) is 3.64. The van der Waals surface area contributed by atoms with Crippen LogP contribution in [-0.4, -0.2) is 22.1 Å². The minimum atomic E-state index is -1.31. The van der Waals surface area contributed by atoms with Gasteiger partial charge in [-0.3, -0.25) is 4.79 Å². The molecule has 3 N–H and O–H groups in total. The fourth-order valence-corrected chi connectivity index (χ4v) is 2.88. The van der Waals surface area contributed by atoms with E-state index in [1.54, 1.807) is 6.07 Å². The number of carbonyl (C=O) groups excluding carboxylic acids is 1. The van der Waals surface area contributed by atoms with Crippen LogP contribution in [0.15, 0.2) is 24.3 Å². The lowest BCUT2D eigenvalue weighted by Crippen LogP contribution is -2.24. The zero-order valence-electron chi connectivity index (χ0n) is 14.8. The smallest absolute Gasteiger partial charge is 0.329 e. The molecule has 1 radical (unpaired) electrons. The Bertz CT molecular complexity index is 960. The van der Waals surface area contributed by atoms with E-state index in [1.165, 1.54) is 18.2 Å². The van der Waals surface area contributed by atoms with Gasteiger partial charge in [-0.1, -0.05) is 37.0 Å². The van der Waals surface area contributed by atoms with Gasteiger partial charge in [0, 0.05) is 5.56 Å². The molecule has 7 nitrogen and oxygen atoms in total. The minimum Gasteiger partial charge on any atom is -0.519 e. The third kappa shape index (κ3) is 4.85. The van der Waals surface area contributed by atoms with Gasteiger partial charge in [-0.15, -0.1) is 0 Å². The van der Waals surface area contributed by atoms with Crippen molar-refractivity contribution < 1.29 is 24.5 Å². The van der Waals surface area contributed by atoms with Gasteiger partial charge in [0.2, 0.25) is 5.69 Å². The van der Waals surface area contributed by atoms with Crippen LogP contribution in [0.1, 0.15) is 35.7 Å². The second-order valence-electron chi connectivity index (χ2n) is 5.97. The van der Waals surface area contributed by atoms with Gasteiger partial charge >= 0.3 is 5.97 Å². The monoisotopic (exact) mass is 421 g/mol. The number of carboxylic acids is 1. The summed E-state index contributed by atoms with van der Waals surface area (Å²) in [5.74, 6) is -1.90. The molecule has 2 aromatic rings. The normalized spacial score (nSPS) is 10.4. The van der Waals surface area contributed by atoms with Gasteiger partial charge in [-0.05, 0) is 35.7 Å². The van der Waals surface area contributed by atoms with Crippen molar-refractivity contribution in [1.29, 1.82) is 0 Å². The van der Waals surface area contributed by atoms with E-state index in [9.17, 15) is 14.7 Å². The lowest BCUT2D eigenvalue weighted by Gasteiger charge is -2.15. The van der Waals surface area contributed by atoms with Crippen LogP contribution in [0.3, 0.4) is 0 Å². The first-order valence-electron chi connectivity index (χ1n) is 7.92. The fourth-order valence-electron chi connectivity index (χ4n) is 2.32. The first-order valence-corrected chi connectivity index (χ1v) is 8.67. The molecule has 2 rings (SSSR count). The van der Waals surface area contributed by atoms with Crippen LogP contribution in [0.4, 0.5) is 5.69 Å². The number of nitrogens with one attached hydrogen (secondary N) is 1. The summed E-state index contributed by atoms with van der Waals surface area (Å²) < 4.78 is 5.71. The zero-order chi connectivity index (χ0) is 21.0. The maximum absolute atomic E-state index is 11.9. The molecule has 0 spiro atoms. The van der Waals surface area contributed by atoms with Gasteiger partial charge in [-0.25, -0.2) is 9.64 Å². The van der Waals surface area contributed by atoms with Crippen molar-refractivity contribution >= 4 is 40.8 Å². The highest BCUT2D eigenvalue weighted by Crippen LogP contribution is 2.43. The number of benzene rings is 2. The molecule has 0 aliphatic carbocycles. The first-order chi connectivity index (χ1) is 13.1. The molecule has 0 atom stereocenters. The predicted molar refractivity (Wildman–Crippen MR) is 104 cm³/mol. The molecule has 28 heavy (non-hydrogen) atoms. The van der Waals surface area contributed by atoms with Crippen molar-refractivity contribution in [2.45, 2.75) is 19.8 Å². The number of ether oxygens (including phenoxy) is 1. The van der Waals surface area contributed by atoms with Gasteiger partial charge in [0.15, 0.2) is 12.3 Å². The molecular formula is C19H15Cl2N2O5. The van der Waals surface area contributed by atoms with E-state index in [2.05, 4.69) is 10.2 Å². The Morgan fingerprint density at radius 1 is 1.21 bits per heavy atom. The number of phenols is 1. The van der Waals surface area contributed by atoms with Gasteiger partial charge in [-0.2, -0.15) is 0 Å². The number of carbonyl (C=O) groups is 2. The summed E-state index contributed by atoms with van der Waals surface area (Å²) in [7, 11) is 0. The summed E-state index contributed by atoms with van der Waals surface area (Å²) in [5.41, 5.74) is 0.583. The lowest BCUT2D eigenvalue weighted by molar-refractivity contribution is -0.133. The fraction of sp³-hybridized carbons (Fsp3) is 0.158. The first kappa shape index (κ1) is 21.4. The Labute approximate surface area is 171 Å². The van der Waals surface area contributed by atoms with Crippen molar-refractivity contribution in [3.8, 4) is 17.2 Å². The molecule has 9 heteroatoms. The van der Waals surface area contributed by atoms with Gasteiger partial charge in [0.1, 0.15) is 11.5 Å². The second kappa shape index (κ2) is 8.83. The molecule has 2 aromatic carbocycles. The summed E-state index contributed by atoms with van der Waals surface area (Å²) in [6, 6.07) is 5.47. The van der Waals surface area contributed by atoms with E-state index in [4.69, 9.17) is 39.6 Å². The van der Waals surface area contributed by atoms with Crippen LogP contribution in [0.25, 0.3) is 4.85 Å². The van der Waals surface area contributed by atoms with E-state index in [0.717, 1.165) is 0 Å². The SMILES string of the molecule is [C-]#[N+]c1cc(Oc2c(Cl)cc(C(=O)N[CH]C(=O)O)cc2Cl)cc(C(C)C)c1O. The number of hydrogen-bond donors (Lipinski definition) is 3. The van der Waals surface area contributed by atoms with E-state index in [1.807, 2.05) is 13.8 Å². The molecule has 0 aromatic heterocycles. The number of aliphatic carboxylic acids is 1. The highest BCUT2D eigenvalue weighted by Gasteiger charge is 2.18. The number of hydrogen-bond acceptors (Lipinski definition) is 4. The van der Waals surface area contributed by atoms with Crippen LogP contribution in [0.2, 0.25) is 10.0 Å². The highest BCUT2D eigenvalue weighted by atomic mass is 35.5. The lowest BCUT2D eigenvalue weighted by atomic mass is 10.0. The summed E-state index contributed by atoms with van der Waals surface area (Å²) in [6.07, 6.45) is 0. The molecule has 0 unspecified atom stereocenters. The van der Waals surface area contributed by atoms with Crippen molar-refractivity contribution in [2.24, 2.45) is 0 Å². The number of amides is 1. The molecular weight excluding hydrogens is 407 g/mol. The molecule has 0 bridgehead atoms.